The van der Waals surface area contributed by atoms with Crippen molar-refractivity contribution >= 4 is 22.8 Å². The predicted molar refractivity (Wildman–Crippen MR) is 106 cm³/mol. The second kappa shape index (κ2) is 6.55. The van der Waals surface area contributed by atoms with Crippen LogP contribution in [0.25, 0.3) is 17.0 Å². The SMILES string of the molecule is CCc1cc(=O)oc2c(C(=O)[C@@H](C)C(C)C)c(O)c3c(c12)OC(C)(C)C=C3. The molecule has 1 aliphatic heterocycles. The number of benzene rings is 1. The molecule has 0 unspecified atom stereocenters. The van der Waals surface area contributed by atoms with Gasteiger partial charge in [-0.25, -0.2) is 4.79 Å². The summed E-state index contributed by atoms with van der Waals surface area (Å²) in [6.45, 7) is 11.4. The summed E-state index contributed by atoms with van der Waals surface area (Å²) in [6, 6.07) is 1.43. The van der Waals surface area contributed by atoms with Gasteiger partial charge in [-0.05, 0) is 43.9 Å². The standard InChI is InChI=1S/C22H26O5/c1-7-13-10-15(23)26-21-16(13)20-14(8-9-22(5,6)27-20)19(25)17(21)18(24)12(4)11(2)3/h8-12,25H,7H2,1-6H3/t12-/m0/s1. The zero-order valence-electron chi connectivity index (χ0n) is 16.7. The van der Waals surface area contributed by atoms with Gasteiger partial charge in [-0.2, -0.15) is 0 Å². The molecule has 1 aromatic carbocycles. The van der Waals surface area contributed by atoms with Crippen LogP contribution >= 0.6 is 0 Å². The summed E-state index contributed by atoms with van der Waals surface area (Å²) in [5.41, 5.74) is 0.226. The van der Waals surface area contributed by atoms with Gasteiger partial charge in [0.05, 0.1) is 10.9 Å². The fourth-order valence-electron chi connectivity index (χ4n) is 3.33. The molecule has 2 heterocycles. The van der Waals surface area contributed by atoms with Gasteiger partial charge in [-0.15, -0.1) is 0 Å². The van der Waals surface area contributed by atoms with Crippen molar-refractivity contribution in [2.75, 3.05) is 0 Å². The Morgan fingerprint density at radius 3 is 2.52 bits per heavy atom. The summed E-state index contributed by atoms with van der Waals surface area (Å²) < 4.78 is 11.6. The average molecular weight is 370 g/mol. The third kappa shape index (κ3) is 3.15. The number of ketones is 1. The molecule has 0 bridgehead atoms. The van der Waals surface area contributed by atoms with Crippen LogP contribution in [0.15, 0.2) is 21.4 Å². The van der Waals surface area contributed by atoms with Gasteiger partial charge in [0.25, 0.3) is 0 Å². The van der Waals surface area contributed by atoms with E-state index in [1.165, 1.54) is 6.07 Å². The zero-order valence-corrected chi connectivity index (χ0v) is 16.7. The van der Waals surface area contributed by atoms with Crippen molar-refractivity contribution in [3.63, 3.8) is 0 Å². The molecule has 0 fully saturated rings. The Hall–Kier alpha value is -2.56. The van der Waals surface area contributed by atoms with Crippen molar-refractivity contribution in [1.29, 1.82) is 0 Å². The summed E-state index contributed by atoms with van der Waals surface area (Å²) >= 11 is 0. The fourth-order valence-corrected chi connectivity index (χ4v) is 3.33. The topological polar surface area (TPSA) is 76.7 Å². The number of ether oxygens (including phenoxy) is 1. The number of carbonyl (C=O) groups excluding carboxylic acids is 1. The van der Waals surface area contributed by atoms with Crippen molar-refractivity contribution in [3.8, 4) is 11.5 Å². The van der Waals surface area contributed by atoms with Gasteiger partial charge in [0, 0.05) is 12.0 Å². The minimum absolute atomic E-state index is 0.0605. The van der Waals surface area contributed by atoms with Crippen molar-refractivity contribution in [2.24, 2.45) is 11.8 Å². The van der Waals surface area contributed by atoms with Gasteiger partial charge in [-0.1, -0.05) is 27.7 Å². The highest BCUT2D eigenvalue weighted by molar-refractivity contribution is 6.13. The Bertz CT molecular complexity index is 1010. The summed E-state index contributed by atoms with van der Waals surface area (Å²) in [4.78, 5) is 25.3. The zero-order chi connectivity index (χ0) is 20.1. The van der Waals surface area contributed by atoms with Gasteiger partial charge in [0.2, 0.25) is 0 Å². The largest absolute Gasteiger partial charge is 0.506 e. The molecular weight excluding hydrogens is 344 g/mol. The summed E-state index contributed by atoms with van der Waals surface area (Å²) in [6.07, 6.45) is 4.18. The fraction of sp³-hybridized carbons (Fsp3) is 0.455. The molecule has 0 saturated heterocycles. The van der Waals surface area contributed by atoms with E-state index in [4.69, 9.17) is 9.15 Å². The molecule has 1 N–H and O–H groups in total. The molecule has 1 atom stereocenters. The number of aromatic hydroxyl groups is 1. The first-order chi connectivity index (χ1) is 12.6. The Morgan fingerprint density at radius 2 is 1.93 bits per heavy atom. The third-order valence-corrected chi connectivity index (χ3v) is 5.29. The van der Waals surface area contributed by atoms with Gasteiger partial charge in [0.15, 0.2) is 11.4 Å². The molecule has 0 amide bonds. The first kappa shape index (κ1) is 19.2. The minimum atomic E-state index is -0.579. The number of fused-ring (bicyclic) bond motifs is 3. The molecule has 5 heteroatoms. The minimum Gasteiger partial charge on any atom is -0.506 e. The summed E-state index contributed by atoms with van der Waals surface area (Å²) in [5.74, 6) is -0.250. The molecule has 3 rings (SSSR count). The van der Waals surface area contributed by atoms with E-state index in [0.29, 0.717) is 23.1 Å². The molecule has 0 aliphatic carbocycles. The average Bonchev–Trinajstić information content (AvgIpc) is 2.58. The highest BCUT2D eigenvalue weighted by Crippen LogP contribution is 2.46. The Labute approximate surface area is 158 Å². The smallest absolute Gasteiger partial charge is 0.336 e. The van der Waals surface area contributed by atoms with Crippen LogP contribution in [0, 0.1) is 11.8 Å². The van der Waals surface area contributed by atoms with Crippen LogP contribution in [-0.2, 0) is 6.42 Å². The van der Waals surface area contributed by atoms with Crippen LogP contribution in [0.3, 0.4) is 0 Å². The second-order valence-electron chi connectivity index (χ2n) is 8.05. The Kier molecular flexibility index (Phi) is 4.66. The Morgan fingerprint density at radius 1 is 1.26 bits per heavy atom. The number of Topliss-reactive ketones (excluding diaryl/α,β-unsaturated/α-hetero) is 1. The molecule has 0 spiro atoms. The number of carbonyl (C=O) groups is 1. The van der Waals surface area contributed by atoms with Gasteiger partial charge in [-0.3, -0.25) is 4.79 Å². The maximum absolute atomic E-state index is 13.2. The number of hydrogen-bond acceptors (Lipinski definition) is 5. The lowest BCUT2D eigenvalue weighted by molar-refractivity contribution is 0.0897. The van der Waals surface area contributed by atoms with Crippen LogP contribution in [0.5, 0.6) is 11.5 Å². The Balaban J connectivity index is 2.48. The number of aryl methyl sites for hydroxylation is 1. The number of hydrogen-bond donors (Lipinski definition) is 1. The number of rotatable bonds is 4. The van der Waals surface area contributed by atoms with Crippen LogP contribution in [0.4, 0.5) is 0 Å². The molecular formula is C22H26O5. The third-order valence-electron chi connectivity index (χ3n) is 5.29. The van der Waals surface area contributed by atoms with Crippen LogP contribution < -0.4 is 10.4 Å². The van der Waals surface area contributed by atoms with E-state index in [-0.39, 0.29) is 34.5 Å². The van der Waals surface area contributed by atoms with Crippen molar-refractivity contribution in [1.82, 2.24) is 0 Å². The second-order valence-corrected chi connectivity index (χ2v) is 8.05. The van der Waals surface area contributed by atoms with Crippen molar-refractivity contribution in [2.45, 2.75) is 53.6 Å². The highest BCUT2D eigenvalue weighted by Gasteiger charge is 2.33. The first-order valence-corrected chi connectivity index (χ1v) is 9.35. The molecule has 1 aromatic heterocycles. The van der Waals surface area contributed by atoms with Crippen LogP contribution in [0.2, 0.25) is 0 Å². The lowest BCUT2D eigenvalue weighted by Gasteiger charge is -2.30. The molecule has 27 heavy (non-hydrogen) atoms. The molecule has 2 aromatic rings. The predicted octanol–water partition coefficient (Wildman–Crippen LogP) is 4.72. The van der Waals surface area contributed by atoms with Crippen molar-refractivity contribution in [3.05, 3.63) is 39.3 Å². The van der Waals surface area contributed by atoms with Gasteiger partial charge >= 0.3 is 5.63 Å². The lowest BCUT2D eigenvalue weighted by Crippen LogP contribution is -2.28. The molecule has 0 saturated carbocycles. The van der Waals surface area contributed by atoms with E-state index < -0.39 is 11.2 Å². The number of phenolic OH excluding ortho intramolecular Hbond substituents is 1. The monoisotopic (exact) mass is 370 g/mol. The van der Waals surface area contributed by atoms with E-state index in [9.17, 15) is 14.7 Å². The van der Waals surface area contributed by atoms with E-state index in [2.05, 4.69) is 0 Å². The van der Waals surface area contributed by atoms with Gasteiger partial charge < -0.3 is 14.3 Å². The van der Waals surface area contributed by atoms with E-state index >= 15 is 0 Å². The molecule has 0 radical (unpaired) electrons. The van der Waals surface area contributed by atoms with E-state index in [1.807, 2.05) is 47.6 Å². The quantitative estimate of drug-likeness (QED) is 0.622. The lowest BCUT2D eigenvalue weighted by atomic mass is 9.86. The summed E-state index contributed by atoms with van der Waals surface area (Å²) in [7, 11) is 0. The van der Waals surface area contributed by atoms with E-state index in [0.717, 1.165) is 5.56 Å². The summed E-state index contributed by atoms with van der Waals surface area (Å²) in [5, 5.41) is 11.5. The molecule has 144 valence electrons. The molecule has 1 aliphatic rings. The van der Waals surface area contributed by atoms with Crippen LogP contribution in [0.1, 0.15) is 63.0 Å². The number of phenols is 1. The van der Waals surface area contributed by atoms with E-state index in [1.54, 1.807) is 6.08 Å². The normalized spacial score (nSPS) is 16.3. The highest BCUT2D eigenvalue weighted by atomic mass is 16.5. The van der Waals surface area contributed by atoms with Crippen molar-refractivity contribution < 1.29 is 19.1 Å². The molecule has 5 nitrogen and oxygen atoms in total. The first-order valence-electron chi connectivity index (χ1n) is 9.35. The van der Waals surface area contributed by atoms with Crippen LogP contribution in [-0.4, -0.2) is 16.5 Å². The van der Waals surface area contributed by atoms with Gasteiger partial charge in [0.1, 0.15) is 22.7 Å². The maximum Gasteiger partial charge on any atom is 0.336 e. The maximum atomic E-state index is 13.2.